The number of fused-ring (bicyclic) bond motifs is 3. The number of anilines is 1. The fraction of sp³-hybridized carbons (Fsp3) is 0.568. The molecule has 4 fully saturated rings. The Morgan fingerprint density at radius 1 is 1.06 bits per heavy atom. The predicted octanol–water partition coefficient (Wildman–Crippen LogP) is 5.30. The average Bonchev–Trinajstić information content (AvgIpc) is 3.92. The van der Waals surface area contributed by atoms with E-state index in [4.69, 9.17) is 4.74 Å². The molecule has 3 amide bonds. The number of nitrogens with zero attached hydrogens (tertiary/aromatic N) is 2. The van der Waals surface area contributed by atoms with Crippen LogP contribution in [0.15, 0.2) is 48.5 Å². The normalized spacial score (nSPS) is 29.9. The summed E-state index contributed by atoms with van der Waals surface area (Å²) in [6, 6.07) is 14.1. The number of hydrogen-bond acceptors (Lipinski definition) is 9. The summed E-state index contributed by atoms with van der Waals surface area (Å²) in [6.45, 7) is 5.91. The number of carbonyl (C=O) groups is 3. The molecule has 11 nitrogen and oxygen atoms in total. The van der Waals surface area contributed by atoms with Crippen LogP contribution < -0.4 is 20.1 Å². The van der Waals surface area contributed by atoms with Gasteiger partial charge in [-0.2, -0.15) is 0 Å². The second-order valence-electron chi connectivity index (χ2n) is 15.1. The summed E-state index contributed by atoms with van der Waals surface area (Å²) in [5.41, 5.74) is 1.39. The molecule has 268 valence electrons. The Bertz CT molecular complexity index is 1880. The molecular formula is C37H47N5O6S2. The van der Waals surface area contributed by atoms with Crippen molar-refractivity contribution in [3.8, 4) is 5.19 Å². The maximum absolute atomic E-state index is 14.5. The molecule has 2 saturated heterocycles. The van der Waals surface area contributed by atoms with Crippen molar-refractivity contribution in [2.45, 2.75) is 113 Å². The standard InChI is InChI=1S/C37H47N5O6S2/c1-23-15-16-28-31(19-23)49-35(39-28)48-26-20-30-32(43)40-37(34(45)41-50(46,47)36(3)17-18-36)21-27(37)24(2)11-7-4-5-10-14-29(33(44)42(30)22-26)38-25-12-8-6-9-13-25/h6,8-9,12-13,15-16,19,24,26-27,29-30,38H,4-5,7,10-11,14,17-18,20-22H2,1-3H3,(H,40,43)(H,41,45)/t24?,26-,27+,29+,30+,37-/m1/s1. The van der Waals surface area contributed by atoms with E-state index in [1.54, 1.807) is 11.8 Å². The predicted molar refractivity (Wildman–Crippen MR) is 193 cm³/mol. The molecule has 4 aliphatic rings. The Kier molecular flexibility index (Phi) is 9.34. The van der Waals surface area contributed by atoms with Crippen molar-refractivity contribution < 1.29 is 27.5 Å². The number of hydrogen-bond donors (Lipinski definition) is 3. The van der Waals surface area contributed by atoms with E-state index < -0.39 is 50.3 Å². The first-order chi connectivity index (χ1) is 23.9. The topological polar surface area (TPSA) is 147 Å². The molecule has 7 rings (SSSR count). The summed E-state index contributed by atoms with van der Waals surface area (Å²) in [5, 5.41) is 6.93. The summed E-state index contributed by atoms with van der Waals surface area (Å²) in [4.78, 5) is 49.1. The molecule has 0 spiro atoms. The Labute approximate surface area is 298 Å². The first-order valence-corrected chi connectivity index (χ1v) is 20.2. The first-order valence-electron chi connectivity index (χ1n) is 17.9. The molecule has 2 aromatic carbocycles. The maximum Gasteiger partial charge on any atom is 0.274 e. The number of thiazole rings is 1. The van der Waals surface area contributed by atoms with Gasteiger partial charge in [-0.15, -0.1) is 0 Å². The first kappa shape index (κ1) is 34.7. The molecule has 1 aromatic heterocycles. The van der Waals surface area contributed by atoms with Crippen LogP contribution in [0.25, 0.3) is 10.2 Å². The van der Waals surface area contributed by atoms with Gasteiger partial charge in [-0.25, -0.2) is 13.4 Å². The van der Waals surface area contributed by atoms with E-state index in [0.717, 1.165) is 53.6 Å². The van der Waals surface area contributed by atoms with Gasteiger partial charge in [0, 0.05) is 12.1 Å². The molecule has 2 aliphatic carbocycles. The molecule has 3 N–H and O–H groups in total. The van der Waals surface area contributed by atoms with E-state index in [0.29, 0.717) is 30.9 Å². The van der Waals surface area contributed by atoms with Crippen molar-refractivity contribution >= 4 is 55.0 Å². The Morgan fingerprint density at radius 3 is 2.54 bits per heavy atom. The average molecular weight is 722 g/mol. The monoisotopic (exact) mass is 721 g/mol. The molecule has 50 heavy (non-hydrogen) atoms. The van der Waals surface area contributed by atoms with Crippen molar-refractivity contribution in [2.24, 2.45) is 11.8 Å². The number of aryl methyl sites for hydroxylation is 1. The summed E-state index contributed by atoms with van der Waals surface area (Å²) in [7, 11) is -3.92. The Hall–Kier alpha value is -3.71. The van der Waals surface area contributed by atoms with Crippen LogP contribution in [0.3, 0.4) is 0 Å². The second-order valence-corrected chi connectivity index (χ2v) is 18.3. The SMILES string of the molecule is Cc1ccc2nc(O[C@@H]3C[C@H]4C(=O)N[C@]5(C(=O)NS(=O)(=O)C6(C)CC6)C[C@H]5C(C)CCCCCC[C@H](Nc5ccccc5)C(=O)N4C3)sc2c1. The maximum atomic E-state index is 14.5. The molecule has 1 unspecified atom stereocenters. The van der Waals surface area contributed by atoms with Crippen molar-refractivity contribution in [2.75, 3.05) is 11.9 Å². The van der Waals surface area contributed by atoms with Crippen LogP contribution in [-0.4, -0.2) is 71.0 Å². The van der Waals surface area contributed by atoms with Gasteiger partial charge in [0.15, 0.2) is 0 Å². The summed E-state index contributed by atoms with van der Waals surface area (Å²) >= 11 is 1.43. The van der Waals surface area contributed by atoms with Crippen LogP contribution in [0.5, 0.6) is 5.19 Å². The number of carbonyl (C=O) groups excluding carboxylic acids is 3. The second kappa shape index (κ2) is 13.4. The lowest BCUT2D eigenvalue weighted by atomic mass is 9.94. The van der Waals surface area contributed by atoms with E-state index in [9.17, 15) is 22.8 Å². The molecule has 2 aliphatic heterocycles. The minimum Gasteiger partial charge on any atom is -0.465 e. The van der Waals surface area contributed by atoms with E-state index >= 15 is 0 Å². The minimum atomic E-state index is -3.92. The van der Waals surface area contributed by atoms with Gasteiger partial charge in [-0.05, 0) is 81.2 Å². The number of amides is 3. The van der Waals surface area contributed by atoms with Crippen LogP contribution in [-0.2, 0) is 24.4 Å². The zero-order valence-corrected chi connectivity index (χ0v) is 30.6. The van der Waals surface area contributed by atoms with Gasteiger partial charge in [0.1, 0.15) is 23.7 Å². The molecule has 2 saturated carbocycles. The van der Waals surface area contributed by atoms with Crippen molar-refractivity contribution in [1.82, 2.24) is 19.9 Å². The summed E-state index contributed by atoms with van der Waals surface area (Å²) in [6.07, 6.45) is 6.19. The van der Waals surface area contributed by atoms with Crippen LogP contribution in [0.1, 0.15) is 83.6 Å². The largest absolute Gasteiger partial charge is 0.465 e. The fourth-order valence-electron chi connectivity index (χ4n) is 7.66. The van der Waals surface area contributed by atoms with Crippen LogP contribution in [0.4, 0.5) is 5.69 Å². The van der Waals surface area contributed by atoms with Gasteiger partial charge in [-0.1, -0.05) is 74.6 Å². The van der Waals surface area contributed by atoms with Crippen LogP contribution in [0, 0.1) is 18.8 Å². The van der Waals surface area contributed by atoms with Gasteiger partial charge in [0.2, 0.25) is 21.8 Å². The van der Waals surface area contributed by atoms with Gasteiger partial charge in [0.05, 0.1) is 21.5 Å². The highest BCUT2D eigenvalue weighted by atomic mass is 32.2. The third kappa shape index (κ3) is 6.95. The van der Waals surface area contributed by atoms with Crippen molar-refractivity contribution in [3.63, 3.8) is 0 Å². The number of rotatable bonds is 7. The Morgan fingerprint density at radius 2 is 1.80 bits per heavy atom. The van der Waals surface area contributed by atoms with Gasteiger partial charge in [0.25, 0.3) is 11.1 Å². The third-order valence-corrected chi connectivity index (χ3v) is 14.3. The minimum absolute atomic E-state index is 0.0953. The van der Waals surface area contributed by atoms with Crippen molar-refractivity contribution in [1.29, 1.82) is 0 Å². The smallest absolute Gasteiger partial charge is 0.274 e. The molecule has 3 aromatic rings. The highest BCUT2D eigenvalue weighted by molar-refractivity contribution is 7.91. The van der Waals surface area contributed by atoms with Gasteiger partial charge >= 0.3 is 0 Å². The van der Waals surface area contributed by atoms with Crippen LogP contribution in [0.2, 0.25) is 0 Å². The quantitative estimate of drug-likeness (QED) is 0.298. The lowest BCUT2D eigenvalue weighted by Crippen LogP contribution is -2.58. The number of benzene rings is 2. The molecule has 6 atom stereocenters. The van der Waals surface area contributed by atoms with E-state index in [1.807, 2.05) is 49.4 Å². The fourth-order valence-corrected chi connectivity index (χ4v) is 9.95. The van der Waals surface area contributed by atoms with Crippen LogP contribution >= 0.6 is 11.3 Å². The zero-order chi connectivity index (χ0) is 35.3. The number of sulfonamides is 1. The van der Waals surface area contributed by atoms with E-state index in [2.05, 4.69) is 33.3 Å². The number of nitrogens with one attached hydrogen (secondary N) is 3. The molecule has 13 heteroatoms. The van der Waals surface area contributed by atoms with Gasteiger partial charge < -0.3 is 20.3 Å². The highest BCUT2D eigenvalue weighted by Gasteiger charge is 2.65. The lowest BCUT2D eigenvalue weighted by Gasteiger charge is -2.30. The van der Waals surface area contributed by atoms with Gasteiger partial charge in [-0.3, -0.25) is 19.1 Å². The highest BCUT2D eigenvalue weighted by Crippen LogP contribution is 2.51. The Balaban J connectivity index is 1.19. The molecular weight excluding hydrogens is 675 g/mol. The van der Waals surface area contributed by atoms with E-state index in [1.165, 1.54) is 11.3 Å². The van der Waals surface area contributed by atoms with E-state index in [-0.39, 0.29) is 30.7 Å². The third-order valence-electron chi connectivity index (χ3n) is 11.2. The molecule has 3 heterocycles. The lowest BCUT2D eigenvalue weighted by molar-refractivity contribution is -0.140. The zero-order valence-electron chi connectivity index (χ0n) is 28.9. The number of ether oxygens (including phenoxy) is 1. The summed E-state index contributed by atoms with van der Waals surface area (Å²) < 4.78 is 35.1. The number of aromatic nitrogens is 1. The molecule has 0 bridgehead atoms. The number of para-hydroxylation sites is 1. The summed E-state index contributed by atoms with van der Waals surface area (Å²) in [5.74, 6) is -1.49. The molecule has 0 radical (unpaired) electrons. The van der Waals surface area contributed by atoms with Crippen molar-refractivity contribution in [3.05, 3.63) is 54.1 Å².